The first-order valence-corrected chi connectivity index (χ1v) is 19.0. The predicted octanol–water partition coefficient (Wildman–Crippen LogP) is 6.16. The van der Waals surface area contributed by atoms with Crippen LogP contribution in [-0.4, -0.2) is 46.7 Å². The Labute approximate surface area is 183 Å². The van der Waals surface area contributed by atoms with Crippen LogP contribution in [0.4, 0.5) is 10.7 Å². The van der Waals surface area contributed by atoms with Crippen molar-refractivity contribution in [1.82, 2.24) is 9.55 Å². The Hall–Kier alpha value is -0.721. The first-order chi connectivity index (χ1) is 13.5. The van der Waals surface area contributed by atoms with Gasteiger partial charge in [0.2, 0.25) is 0 Å². The van der Waals surface area contributed by atoms with E-state index >= 15 is 0 Å². The topological polar surface area (TPSA) is 47.4 Å². The molecule has 0 aliphatic rings. The van der Waals surface area contributed by atoms with Crippen molar-refractivity contribution < 1.29 is 9.53 Å². The third-order valence-corrected chi connectivity index (χ3v) is 21.8. The molecule has 5 nitrogen and oxygen atoms in total. The van der Waals surface area contributed by atoms with Gasteiger partial charge in [-0.15, -0.1) is 0 Å². The Morgan fingerprint density at radius 3 is 1.86 bits per heavy atom. The molecule has 29 heavy (non-hydrogen) atoms. The molecular formula is C23H45N3O2Sn. The van der Waals surface area contributed by atoms with Crippen molar-refractivity contribution in [2.75, 3.05) is 11.9 Å². The zero-order chi connectivity index (χ0) is 22.2. The fraction of sp³-hybridized carbons (Fsp3) is 0.826. The second kappa shape index (κ2) is 11.6. The fourth-order valence-corrected chi connectivity index (χ4v) is 22.0. The number of aromatic nitrogens is 2. The summed E-state index contributed by atoms with van der Waals surface area (Å²) in [7, 11) is 3.89. The van der Waals surface area contributed by atoms with Crippen LogP contribution in [0, 0.1) is 6.92 Å². The average Bonchev–Trinajstić information content (AvgIpc) is 2.94. The molecule has 0 saturated carbocycles. The monoisotopic (exact) mass is 515 g/mol. The summed E-state index contributed by atoms with van der Waals surface area (Å²) in [5.41, 5.74) is 0.623. The van der Waals surface area contributed by atoms with Crippen molar-refractivity contribution in [3.05, 3.63) is 5.69 Å². The van der Waals surface area contributed by atoms with Crippen LogP contribution in [0.25, 0.3) is 0 Å². The predicted molar refractivity (Wildman–Crippen MR) is 127 cm³/mol. The standard InChI is InChI=1S/C11H18N3O2.3C4H9.Sn/c1-8-7-13(5)9(12-8)14(6)10(15)16-11(2,3)4;3*1-3-4-2;/h1-6H3;3*1,3-4H2,2H3;. The van der Waals surface area contributed by atoms with Gasteiger partial charge in [0.25, 0.3) is 0 Å². The van der Waals surface area contributed by atoms with E-state index in [-0.39, 0.29) is 6.09 Å². The third-order valence-electron chi connectivity index (χ3n) is 5.74. The summed E-state index contributed by atoms with van der Waals surface area (Å²) in [5.74, 6) is 0.720. The molecule has 0 atom stereocenters. The molecule has 0 unspecified atom stereocenters. The van der Waals surface area contributed by atoms with Crippen LogP contribution in [0.3, 0.4) is 0 Å². The Morgan fingerprint density at radius 2 is 1.48 bits per heavy atom. The number of carbonyl (C=O) groups is 1. The summed E-state index contributed by atoms with van der Waals surface area (Å²) in [6, 6.07) is 0. The number of ether oxygens (including phenoxy) is 1. The van der Waals surface area contributed by atoms with E-state index in [1.54, 1.807) is 11.9 Å². The molecule has 0 spiro atoms. The van der Waals surface area contributed by atoms with E-state index in [4.69, 9.17) is 9.72 Å². The summed E-state index contributed by atoms with van der Waals surface area (Å²) in [6.07, 6.45) is 7.34. The Bertz CT molecular complexity index is 628. The maximum absolute atomic E-state index is 12.7. The van der Waals surface area contributed by atoms with Gasteiger partial charge in [0, 0.05) is 0 Å². The van der Waals surface area contributed by atoms with Gasteiger partial charge >= 0.3 is 184 Å². The Balaban J connectivity index is 3.40. The van der Waals surface area contributed by atoms with Crippen molar-refractivity contribution >= 4 is 34.1 Å². The number of imidazole rings is 1. The first kappa shape index (κ1) is 26.3. The first-order valence-electron chi connectivity index (χ1n) is 11.5. The molecule has 1 amide bonds. The Morgan fingerprint density at radius 1 is 1.03 bits per heavy atom. The van der Waals surface area contributed by atoms with Crippen molar-refractivity contribution in [1.29, 1.82) is 0 Å². The molecule has 0 aliphatic heterocycles. The van der Waals surface area contributed by atoms with E-state index in [2.05, 4.69) is 39.3 Å². The zero-order valence-electron chi connectivity index (χ0n) is 20.5. The van der Waals surface area contributed by atoms with Gasteiger partial charge in [-0.05, 0) is 0 Å². The van der Waals surface area contributed by atoms with Crippen molar-refractivity contribution in [2.24, 2.45) is 7.05 Å². The molecule has 0 aromatic carbocycles. The summed E-state index contributed by atoms with van der Waals surface area (Å²) in [4.78, 5) is 19.1. The van der Waals surface area contributed by atoms with E-state index in [1.165, 1.54) is 55.5 Å². The van der Waals surface area contributed by atoms with Gasteiger partial charge in [0.1, 0.15) is 0 Å². The number of nitrogens with zero attached hydrogens (tertiary/aromatic N) is 3. The van der Waals surface area contributed by atoms with Crippen LogP contribution in [0.15, 0.2) is 0 Å². The molecule has 0 saturated heterocycles. The molecular weight excluding hydrogens is 469 g/mol. The number of anilines is 1. The summed E-state index contributed by atoms with van der Waals surface area (Å²) >= 11 is -2.65. The van der Waals surface area contributed by atoms with E-state index in [9.17, 15) is 4.79 Å². The molecule has 1 aromatic rings. The number of hydrogen-bond acceptors (Lipinski definition) is 3. The molecule has 1 rings (SSSR count). The van der Waals surface area contributed by atoms with Gasteiger partial charge in [-0.1, -0.05) is 0 Å². The quantitative estimate of drug-likeness (QED) is 0.333. The number of amides is 1. The maximum atomic E-state index is 12.7. The second-order valence-electron chi connectivity index (χ2n) is 9.54. The zero-order valence-corrected chi connectivity index (χ0v) is 23.4. The number of unbranched alkanes of at least 4 members (excludes halogenated alkanes) is 3. The molecule has 168 valence electrons. The van der Waals surface area contributed by atoms with Gasteiger partial charge in [0.15, 0.2) is 0 Å². The van der Waals surface area contributed by atoms with Crippen LogP contribution < -0.4 is 8.61 Å². The number of aryl methyl sites for hydroxylation is 1. The van der Waals surface area contributed by atoms with Crippen LogP contribution in [0.2, 0.25) is 13.3 Å². The molecule has 0 fully saturated rings. The third kappa shape index (κ3) is 7.18. The van der Waals surface area contributed by atoms with Crippen molar-refractivity contribution in [3.8, 4) is 0 Å². The molecule has 0 radical (unpaired) electrons. The van der Waals surface area contributed by atoms with Gasteiger partial charge in [-0.2, -0.15) is 0 Å². The molecule has 1 heterocycles. The summed E-state index contributed by atoms with van der Waals surface area (Å²) < 4.78 is 13.5. The summed E-state index contributed by atoms with van der Waals surface area (Å²) in [5, 5.41) is 0. The van der Waals surface area contributed by atoms with E-state index in [0.717, 1.165) is 11.6 Å². The van der Waals surface area contributed by atoms with Crippen molar-refractivity contribution in [3.63, 3.8) is 0 Å². The van der Waals surface area contributed by atoms with E-state index in [0.29, 0.717) is 0 Å². The SMILES string of the molecule is CCC[CH2][Sn]([CH2]CCC)([CH2]CCC)[c]1c(C)nc(N(C)C(=O)OC(C)(C)C)n1C. The van der Waals surface area contributed by atoms with Gasteiger partial charge in [-0.3, -0.25) is 0 Å². The molecule has 6 heteroatoms. The van der Waals surface area contributed by atoms with Crippen LogP contribution in [0.1, 0.15) is 85.8 Å². The number of carbonyl (C=O) groups excluding carboxylic acids is 1. The van der Waals surface area contributed by atoms with E-state index in [1.807, 2.05) is 20.8 Å². The summed E-state index contributed by atoms with van der Waals surface area (Å²) in [6.45, 7) is 14.7. The average molecular weight is 514 g/mol. The minimum absolute atomic E-state index is 0.339. The fourth-order valence-electron chi connectivity index (χ4n) is 4.35. The molecule has 1 aromatic heterocycles. The van der Waals surface area contributed by atoms with Gasteiger partial charge in [-0.25, -0.2) is 0 Å². The van der Waals surface area contributed by atoms with Crippen LogP contribution >= 0.6 is 0 Å². The normalized spacial score (nSPS) is 12.3. The van der Waals surface area contributed by atoms with Crippen LogP contribution in [0.5, 0.6) is 0 Å². The number of rotatable bonds is 11. The van der Waals surface area contributed by atoms with Gasteiger partial charge < -0.3 is 0 Å². The molecule has 0 N–H and O–H groups in total. The van der Waals surface area contributed by atoms with Crippen molar-refractivity contribution in [2.45, 2.75) is 106 Å². The van der Waals surface area contributed by atoms with Crippen LogP contribution in [-0.2, 0) is 11.8 Å². The van der Waals surface area contributed by atoms with Gasteiger partial charge in [0.05, 0.1) is 0 Å². The van der Waals surface area contributed by atoms with E-state index < -0.39 is 24.0 Å². The minimum atomic E-state index is -2.65. The number of hydrogen-bond donors (Lipinski definition) is 0. The second-order valence-corrected chi connectivity index (χ2v) is 22.5. The Kier molecular flexibility index (Phi) is 10.5. The molecule has 0 bridgehead atoms. The molecule has 0 aliphatic carbocycles.